The van der Waals surface area contributed by atoms with Crippen LogP contribution in [0.2, 0.25) is 0 Å². The molecule has 1 heterocycles. The molecule has 0 aliphatic carbocycles. The van der Waals surface area contributed by atoms with E-state index in [2.05, 4.69) is 0 Å². The maximum absolute atomic E-state index is 12.6. The number of rotatable bonds is 5. The SMILES string of the molecule is CC(C)(C)OC(=O)[C@@]1(O)[C@@H](N)CCN1C(=O)CCCc1ccccc1. The Labute approximate surface area is 149 Å². The Balaban J connectivity index is 2.00. The van der Waals surface area contributed by atoms with Gasteiger partial charge in [-0.3, -0.25) is 4.79 Å². The Morgan fingerprint density at radius 1 is 1.32 bits per heavy atom. The topological polar surface area (TPSA) is 92.9 Å². The van der Waals surface area contributed by atoms with E-state index in [1.54, 1.807) is 20.8 Å². The number of aryl methyl sites for hydroxylation is 1. The summed E-state index contributed by atoms with van der Waals surface area (Å²) in [5.41, 5.74) is 4.23. The lowest BCUT2D eigenvalue weighted by molar-refractivity contribution is -0.199. The van der Waals surface area contributed by atoms with Gasteiger partial charge < -0.3 is 20.5 Å². The highest BCUT2D eigenvalue weighted by atomic mass is 16.6. The van der Waals surface area contributed by atoms with Gasteiger partial charge in [-0.1, -0.05) is 30.3 Å². The van der Waals surface area contributed by atoms with E-state index in [4.69, 9.17) is 10.5 Å². The van der Waals surface area contributed by atoms with Gasteiger partial charge in [-0.15, -0.1) is 0 Å². The summed E-state index contributed by atoms with van der Waals surface area (Å²) in [6.45, 7) is 5.38. The number of esters is 1. The van der Waals surface area contributed by atoms with Crippen molar-refractivity contribution in [1.29, 1.82) is 0 Å². The fraction of sp³-hybridized carbons (Fsp3) is 0.579. The van der Waals surface area contributed by atoms with Crippen LogP contribution in [0.5, 0.6) is 0 Å². The predicted octanol–water partition coefficient (Wildman–Crippen LogP) is 1.60. The lowest BCUT2D eigenvalue weighted by Crippen LogP contribution is -2.62. The molecule has 6 heteroatoms. The number of benzene rings is 1. The second-order valence-electron chi connectivity index (χ2n) is 7.51. The van der Waals surface area contributed by atoms with Crippen molar-refractivity contribution >= 4 is 11.9 Å². The Morgan fingerprint density at radius 2 is 1.96 bits per heavy atom. The molecule has 2 rings (SSSR count). The average molecular weight is 348 g/mol. The number of ether oxygens (including phenoxy) is 1. The molecule has 0 bridgehead atoms. The smallest absolute Gasteiger partial charge is 0.362 e. The number of amides is 1. The highest BCUT2D eigenvalue weighted by Gasteiger charge is 2.55. The molecule has 0 radical (unpaired) electrons. The van der Waals surface area contributed by atoms with E-state index in [9.17, 15) is 14.7 Å². The van der Waals surface area contributed by atoms with Crippen LogP contribution in [0.1, 0.15) is 45.6 Å². The molecule has 3 N–H and O–H groups in total. The molecule has 25 heavy (non-hydrogen) atoms. The van der Waals surface area contributed by atoms with E-state index in [1.807, 2.05) is 30.3 Å². The molecule has 1 aliphatic rings. The van der Waals surface area contributed by atoms with Crippen molar-refractivity contribution in [3.05, 3.63) is 35.9 Å². The zero-order valence-corrected chi connectivity index (χ0v) is 15.2. The van der Waals surface area contributed by atoms with Crippen molar-refractivity contribution in [2.45, 2.75) is 63.8 Å². The highest BCUT2D eigenvalue weighted by molar-refractivity contribution is 5.88. The average Bonchev–Trinajstić information content (AvgIpc) is 2.83. The summed E-state index contributed by atoms with van der Waals surface area (Å²) in [5, 5.41) is 10.8. The maximum Gasteiger partial charge on any atom is 0.362 e. The lowest BCUT2D eigenvalue weighted by atomic mass is 10.0. The summed E-state index contributed by atoms with van der Waals surface area (Å²) >= 11 is 0. The van der Waals surface area contributed by atoms with Crippen LogP contribution >= 0.6 is 0 Å². The standard InChI is InChI=1S/C19H28N2O4/c1-18(2,3)25-17(23)19(24)15(20)12-13-21(19)16(22)11-7-10-14-8-5-4-6-9-14/h4-6,8-9,15,24H,7,10-13,20H2,1-3H3/t15-,19-/m0/s1. The Bertz CT molecular complexity index is 612. The summed E-state index contributed by atoms with van der Waals surface area (Å²) in [6.07, 6.45) is 2.00. The molecular formula is C19H28N2O4. The van der Waals surface area contributed by atoms with Crippen LogP contribution in [0, 0.1) is 0 Å². The van der Waals surface area contributed by atoms with E-state index < -0.39 is 23.3 Å². The van der Waals surface area contributed by atoms with Crippen molar-refractivity contribution in [2.24, 2.45) is 5.73 Å². The minimum atomic E-state index is -2.09. The van der Waals surface area contributed by atoms with E-state index in [-0.39, 0.29) is 18.9 Å². The molecule has 1 saturated heterocycles. The maximum atomic E-state index is 12.6. The summed E-state index contributed by atoms with van der Waals surface area (Å²) in [7, 11) is 0. The van der Waals surface area contributed by atoms with Crippen LogP contribution in [0.4, 0.5) is 0 Å². The zero-order chi connectivity index (χ0) is 18.7. The first kappa shape index (κ1) is 19.4. The molecule has 2 atom stereocenters. The third-order valence-electron chi connectivity index (χ3n) is 4.29. The molecule has 0 unspecified atom stereocenters. The molecular weight excluding hydrogens is 320 g/mol. The number of carbonyl (C=O) groups excluding carboxylic acids is 2. The van der Waals surface area contributed by atoms with Crippen molar-refractivity contribution < 1.29 is 19.4 Å². The van der Waals surface area contributed by atoms with Gasteiger partial charge >= 0.3 is 5.97 Å². The lowest BCUT2D eigenvalue weighted by Gasteiger charge is -2.36. The summed E-state index contributed by atoms with van der Waals surface area (Å²) in [6, 6.07) is 9.03. The molecule has 6 nitrogen and oxygen atoms in total. The van der Waals surface area contributed by atoms with Gasteiger partial charge in [0.2, 0.25) is 5.91 Å². The van der Waals surface area contributed by atoms with E-state index in [1.165, 1.54) is 4.90 Å². The molecule has 1 aliphatic heterocycles. The number of nitrogens with zero attached hydrogens (tertiary/aromatic N) is 1. The quantitative estimate of drug-likeness (QED) is 0.789. The molecule has 138 valence electrons. The molecule has 0 spiro atoms. The van der Waals surface area contributed by atoms with Crippen molar-refractivity contribution in [2.75, 3.05) is 6.54 Å². The number of nitrogens with two attached hydrogens (primary N) is 1. The third-order valence-corrected chi connectivity index (χ3v) is 4.29. The molecule has 0 saturated carbocycles. The van der Waals surface area contributed by atoms with E-state index in [0.29, 0.717) is 12.8 Å². The largest absolute Gasteiger partial charge is 0.456 e. The number of hydrogen-bond acceptors (Lipinski definition) is 5. The van der Waals surface area contributed by atoms with Crippen molar-refractivity contribution in [3.63, 3.8) is 0 Å². The minimum absolute atomic E-state index is 0.243. The van der Waals surface area contributed by atoms with Crippen LogP contribution in [0.15, 0.2) is 30.3 Å². The molecule has 0 aromatic heterocycles. The van der Waals surface area contributed by atoms with Gasteiger partial charge in [0, 0.05) is 13.0 Å². The first-order valence-electron chi connectivity index (χ1n) is 8.70. The van der Waals surface area contributed by atoms with Crippen molar-refractivity contribution in [3.8, 4) is 0 Å². The first-order chi connectivity index (χ1) is 11.6. The summed E-state index contributed by atoms with van der Waals surface area (Å²) < 4.78 is 5.29. The number of hydrogen-bond donors (Lipinski definition) is 2. The van der Waals surface area contributed by atoms with Gasteiger partial charge in [-0.2, -0.15) is 0 Å². The third kappa shape index (κ3) is 4.58. The van der Waals surface area contributed by atoms with Crippen LogP contribution in [-0.2, 0) is 20.7 Å². The molecule has 1 aromatic rings. The monoisotopic (exact) mass is 348 g/mol. The second-order valence-corrected chi connectivity index (χ2v) is 7.51. The van der Waals surface area contributed by atoms with Crippen LogP contribution < -0.4 is 5.73 Å². The number of likely N-dealkylation sites (tertiary alicyclic amines) is 1. The van der Waals surface area contributed by atoms with E-state index in [0.717, 1.165) is 12.0 Å². The second kappa shape index (κ2) is 7.54. The molecule has 1 amide bonds. The molecule has 1 aromatic carbocycles. The van der Waals surface area contributed by atoms with Crippen LogP contribution in [0.3, 0.4) is 0 Å². The normalized spacial score (nSPS) is 23.6. The van der Waals surface area contributed by atoms with Gasteiger partial charge in [0.25, 0.3) is 5.72 Å². The Morgan fingerprint density at radius 3 is 2.56 bits per heavy atom. The van der Waals surface area contributed by atoms with Crippen LogP contribution in [0.25, 0.3) is 0 Å². The van der Waals surface area contributed by atoms with Gasteiger partial charge in [-0.25, -0.2) is 4.79 Å². The fourth-order valence-corrected chi connectivity index (χ4v) is 2.99. The Kier molecular flexibility index (Phi) is 5.85. The van der Waals surface area contributed by atoms with Crippen molar-refractivity contribution in [1.82, 2.24) is 4.90 Å². The van der Waals surface area contributed by atoms with Gasteiger partial charge in [0.05, 0.1) is 6.04 Å². The highest BCUT2D eigenvalue weighted by Crippen LogP contribution is 2.30. The van der Waals surface area contributed by atoms with Gasteiger partial charge in [-0.05, 0) is 45.6 Å². The first-order valence-corrected chi connectivity index (χ1v) is 8.70. The zero-order valence-electron chi connectivity index (χ0n) is 15.2. The van der Waals surface area contributed by atoms with Crippen LogP contribution in [-0.4, -0.2) is 45.8 Å². The minimum Gasteiger partial charge on any atom is -0.456 e. The predicted molar refractivity (Wildman–Crippen MR) is 94.5 cm³/mol. The molecule has 1 fully saturated rings. The summed E-state index contributed by atoms with van der Waals surface area (Å²) in [4.78, 5) is 26.2. The van der Waals surface area contributed by atoms with Gasteiger partial charge in [0.1, 0.15) is 5.60 Å². The number of carbonyl (C=O) groups is 2. The number of aliphatic hydroxyl groups is 1. The van der Waals surface area contributed by atoms with E-state index >= 15 is 0 Å². The fourth-order valence-electron chi connectivity index (χ4n) is 2.99. The van der Waals surface area contributed by atoms with Gasteiger partial charge in [0.15, 0.2) is 0 Å². The summed E-state index contributed by atoms with van der Waals surface area (Å²) in [5.74, 6) is -1.14. The Hall–Kier alpha value is -1.92.